The Bertz CT molecular complexity index is 220. The summed E-state index contributed by atoms with van der Waals surface area (Å²) in [6.07, 6.45) is 8.26. The first kappa shape index (κ1) is 16.0. The maximum Gasteiger partial charge on any atom is 0.0773 e. The Morgan fingerprint density at radius 2 is 1.89 bits per heavy atom. The minimum absolute atomic E-state index is 0.271. The van der Waals surface area contributed by atoms with Gasteiger partial charge in [0.05, 0.1) is 18.8 Å². The zero-order valence-electron chi connectivity index (χ0n) is 12.7. The molecule has 1 saturated carbocycles. The molecule has 1 unspecified atom stereocenters. The topological polar surface area (TPSA) is 29.5 Å². The van der Waals surface area contributed by atoms with E-state index < -0.39 is 0 Å². The summed E-state index contributed by atoms with van der Waals surface area (Å²) in [5.41, 5.74) is 0.319. The number of ether oxygens (including phenoxy) is 1. The zero-order valence-corrected chi connectivity index (χ0v) is 12.7. The van der Waals surface area contributed by atoms with Gasteiger partial charge in [0, 0.05) is 0 Å². The Hall–Kier alpha value is -0.0800. The van der Waals surface area contributed by atoms with Crippen LogP contribution >= 0.6 is 0 Å². The van der Waals surface area contributed by atoms with Crippen LogP contribution in [-0.4, -0.2) is 23.9 Å². The number of unbranched alkanes of at least 4 members (excludes halogenated alkanes) is 1. The van der Waals surface area contributed by atoms with Crippen LogP contribution < -0.4 is 0 Å². The molecule has 0 aromatic heterocycles. The van der Waals surface area contributed by atoms with Crippen molar-refractivity contribution < 1.29 is 9.84 Å². The summed E-state index contributed by atoms with van der Waals surface area (Å²) in [6.45, 7) is 9.62. The van der Waals surface area contributed by atoms with Crippen LogP contribution in [0, 0.1) is 11.3 Å². The predicted molar refractivity (Wildman–Crippen MR) is 76.7 cm³/mol. The Kier molecular flexibility index (Phi) is 6.65. The maximum atomic E-state index is 9.87. The highest BCUT2D eigenvalue weighted by Gasteiger charge is 2.34. The highest BCUT2D eigenvalue weighted by molar-refractivity contribution is 4.84. The molecule has 0 radical (unpaired) electrons. The van der Waals surface area contributed by atoms with Crippen molar-refractivity contribution in [3.8, 4) is 0 Å². The van der Waals surface area contributed by atoms with Crippen LogP contribution in [0.5, 0.6) is 0 Å². The van der Waals surface area contributed by atoms with Gasteiger partial charge in [0.15, 0.2) is 0 Å². The van der Waals surface area contributed by atoms with Gasteiger partial charge < -0.3 is 9.84 Å². The van der Waals surface area contributed by atoms with Gasteiger partial charge in [-0.2, -0.15) is 0 Å². The predicted octanol–water partition coefficient (Wildman–Crippen LogP) is 4.16. The molecular formula is C16H32O2. The molecule has 1 rings (SSSR count). The standard InChI is InChI=1S/C16H32O2/c1-5-6-9-13(17)12-18-15-11-8-7-10-14(15)16(2,3)4/h13-15,17H,5-12H2,1-4H3/t13?,14-,15-/m1/s1. The lowest BCUT2D eigenvalue weighted by molar-refractivity contribution is -0.0767. The Morgan fingerprint density at radius 3 is 2.50 bits per heavy atom. The fourth-order valence-electron chi connectivity index (χ4n) is 3.04. The van der Waals surface area contributed by atoms with E-state index >= 15 is 0 Å². The van der Waals surface area contributed by atoms with Crippen LogP contribution in [0.2, 0.25) is 0 Å². The lowest BCUT2D eigenvalue weighted by Gasteiger charge is -2.40. The molecule has 1 N–H and O–H groups in total. The second-order valence-corrected chi connectivity index (χ2v) is 6.92. The lowest BCUT2D eigenvalue weighted by atomic mass is 9.70. The van der Waals surface area contributed by atoms with E-state index in [0.29, 0.717) is 24.0 Å². The summed E-state index contributed by atoms with van der Waals surface area (Å²) in [4.78, 5) is 0. The van der Waals surface area contributed by atoms with Gasteiger partial charge in [0.1, 0.15) is 0 Å². The Labute approximate surface area is 113 Å². The van der Waals surface area contributed by atoms with Gasteiger partial charge in [-0.25, -0.2) is 0 Å². The van der Waals surface area contributed by atoms with Crippen molar-refractivity contribution in [3.63, 3.8) is 0 Å². The highest BCUT2D eigenvalue weighted by Crippen LogP contribution is 2.39. The summed E-state index contributed by atoms with van der Waals surface area (Å²) in [5, 5.41) is 9.87. The van der Waals surface area contributed by atoms with E-state index in [1.807, 2.05) is 0 Å². The molecule has 0 saturated heterocycles. The summed E-state index contributed by atoms with van der Waals surface area (Å²) in [5.74, 6) is 0.643. The second-order valence-electron chi connectivity index (χ2n) is 6.92. The van der Waals surface area contributed by atoms with E-state index in [4.69, 9.17) is 4.74 Å². The van der Waals surface area contributed by atoms with E-state index in [1.165, 1.54) is 25.7 Å². The first-order chi connectivity index (χ1) is 8.45. The number of rotatable bonds is 6. The van der Waals surface area contributed by atoms with E-state index in [0.717, 1.165) is 19.3 Å². The number of aliphatic hydroxyl groups excluding tert-OH is 1. The molecule has 0 bridgehead atoms. The van der Waals surface area contributed by atoms with E-state index in [-0.39, 0.29) is 6.10 Å². The molecule has 0 aliphatic heterocycles. The number of hydrogen-bond acceptors (Lipinski definition) is 2. The van der Waals surface area contributed by atoms with Crippen molar-refractivity contribution in [3.05, 3.63) is 0 Å². The summed E-state index contributed by atoms with van der Waals surface area (Å²) in [7, 11) is 0. The third-order valence-corrected chi connectivity index (χ3v) is 4.21. The SMILES string of the molecule is CCCCC(O)CO[C@@H]1CCCC[C@H]1C(C)(C)C. The van der Waals surface area contributed by atoms with Gasteiger partial charge in [-0.15, -0.1) is 0 Å². The van der Waals surface area contributed by atoms with Gasteiger partial charge in [-0.1, -0.05) is 53.4 Å². The van der Waals surface area contributed by atoms with Crippen molar-refractivity contribution in [1.82, 2.24) is 0 Å². The minimum Gasteiger partial charge on any atom is -0.391 e. The first-order valence-corrected chi connectivity index (χ1v) is 7.74. The molecule has 1 fully saturated rings. The van der Waals surface area contributed by atoms with Crippen LogP contribution in [0.1, 0.15) is 72.6 Å². The molecule has 0 amide bonds. The quantitative estimate of drug-likeness (QED) is 0.773. The smallest absolute Gasteiger partial charge is 0.0773 e. The molecule has 0 heterocycles. The summed E-state index contributed by atoms with van der Waals surface area (Å²) >= 11 is 0. The summed E-state index contributed by atoms with van der Waals surface area (Å²) < 4.78 is 6.03. The van der Waals surface area contributed by atoms with E-state index in [9.17, 15) is 5.11 Å². The Morgan fingerprint density at radius 1 is 1.22 bits per heavy atom. The normalized spacial score (nSPS) is 27.2. The van der Waals surface area contributed by atoms with Gasteiger partial charge in [-0.05, 0) is 30.6 Å². The third kappa shape index (κ3) is 5.27. The molecule has 2 nitrogen and oxygen atoms in total. The molecule has 0 aromatic rings. The van der Waals surface area contributed by atoms with Crippen molar-refractivity contribution in [1.29, 1.82) is 0 Å². The average Bonchev–Trinajstić information content (AvgIpc) is 2.33. The molecule has 2 heteroatoms. The van der Waals surface area contributed by atoms with Gasteiger partial charge in [0.25, 0.3) is 0 Å². The average molecular weight is 256 g/mol. The molecule has 18 heavy (non-hydrogen) atoms. The van der Waals surface area contributed by atoms with Crippen molar-refractivity contribution >= 4 is 0 Å². The fourth-order valence-corrected chi connectivity index (χ4v) is 3.04. The second kappa shape index (κ2) is 7.49. The minimum atomic E-state index is -0.271. The van der Waals surface area contributed by atoms with Crippen molar-refractivity contribution in [2.24, 2.45) is 11.3 Å². The van der Waals surface area contributed by atoms with Crippen LogP contribution in [0.4, 0.5) is 0 Å². The van der Waals surface area contributed by atoms with Crippen molar-refractivity contribution in [2.45, 2.75) is 84.8 Å². The van der Waals surface area contributed by atoms with Gasteiger partial charge in [0.2, 0.25) is 0 Å². The van der Waals surface area contributed by atoms with Crippen LogP contribution in [0.3, 0.4) is 0 Å². The molecule has 3 atom stereocenters. The zero-order chi connectivity index (χ0) is 13.6. The van der Waals surface area contributed by atoms with Crippen molar-refractivity contribution in [2.75, 3.05) is 6.61 Å². The third-order valence-electron chi connectivity index (χ3n) is 4.21. The molecular weight excluding hydrogens is 224 g/mol. The van der Waals surface area contributed by atoms with Gasteiger partial charge in [-0.3, -0.25) is 0 Å². The number of aliphatic hydroxyl groups is 1. The Balaban J connectivity index is 2.38. The van der Waals surface area contributed by atoms with E-state index in [2.05, 4.69) is 27.7 Å². The molecule has 108 valence electrons. The van der Waals surface area contributed by atoms with Crippen LogP contribution in [0.25, 0.3) is 0 Å². The lowest BCUT2D eigenvalue weighted by Crippen LogP contribution is -2.38. The van der Waals surface area contributed by atoms with Crippen LogP contribution in [-0.2, 0) is 4.74 Å². The maximum absolute atomic E-state index is 9.87. The summed E-state index contributed by atoms with van der Waals surface area (Å²) in [6, 6.07) is 0. The van der Waals surface area contributed by atoms with E-state index in [1.54, 1.807) is 0 Å². The highest BCUT2D eigenvalue weighted by atomic mass is 16.5. The van der Waals surface area contributed by atoms with Crippen LogP contribution in [0.15, 0.2) is 0 Å². The largest absolute Gasteiger partial charge is 0.391 e. The molecule has 0 spiro atoms. The monoisotopic (exact) mass is 256 g/mol. The molecule has 0 aromatic carbocycles. The van der Waals surface area contributed by atoms with Gasteiger partial charge >= 0.3 is 0 Å². The number of hydrogen-bond donors (Lipinski definition) is 1. The first-order valence-electron chi connectivity index (χ1n) is 7.74. The fraction of sp³-hybridized carbons (Fsp3) is 1.00. The molecule has 1 aliphatic rings. The molecule has 1 aliphatic carbocycles.